The quantitative estimate of drug-likeness (QED) is 0.308. The van der Waals surface area contributed by atoms with Gasteiger partial charge < -0.3 is 24.2 Å². The van der Waals surface area contributed by atoms with Gasteiger partial charge in [-0.3, -0.25) is 14.5 Å². The summed E-state index contributed by atoms with van der Waals surface area (Å²) >= 11 is 6.01. The third-order valence-electron chi connectivity index (χ3n) is 6.38. The number of aliphatic hydroxyl groups is 1. The molecule has 1 N–H and O–H groups in total. The first-order valence-electron chi connectivity index (χ1n) is 12.1. The van der Waals surface area contributed by atoms with E-state index in [0.29, 0.717) is 60.6 Å². The smallest absolute Gasteiger partial charge is 0.295 e. The van der Waals surface area contributed by atoms with E-state index in [4.69, 9.17) is 25.8 Å². The maximum Gasteiger partial charge on any atom is 0.295 e. The molecule has 2 fully saturated rings. The zero-order chi connectivity index (χ0) is 25.7. The second-order valence-corrected chi connectivity index (χ2v) is 9.15. The molecule has 0 radical (unpaired) electrons. The molecule has 0 spiro atoms. The van der Waals surface area contributed by atoms with E-state index in [1.807, 2.05) is 6.92 Å². The number of carbonyl (C=O) groups is 2. The van der Waals surface area contributed by atoms with Crippen LogP contribution in [0.15, 0.2) is 48.0 Å². The molecule has 4 rings (SSSR count). The van der Waals surface area contributed by atoms with Gasteiger partial charge in [-0.1, -0.05) is 24.6 Å². The van der Waals surface area contributed by atoms with Gasteiger partial charge in [0.1, 0.15) is 5.76 Å². The van der Waals surface area contributed by atoms with Crippen LogP contribution in [0.5, 0.6) is 11.5 Å². The van der Waals surface area contributed by atoms with Crippen LogP contribution in [0.25, 0.3) is 5.76 Å². The topological polar surface area (TPSA) is 88.5 Å². The first-order chi connectivity index (χ1) is 17.4. The molecule has 2 aromatic rings. The average Bonchev–Trinajstić information content (AvgIpc) is 3.16. The van der Waals surface area contributed by atoms with Gasteiger partial charge in [-0.05, 0) is 48.4 Å². The van der Waals surface area contributed by atoms with Gasteiger partial charge in [0.05, 0.1) is 38.5 Å². The Hall–Kier alpha value is -3.07. The number of halogens is 1. The van der Waals surface area contributed by atoms with Gasteiger partial charge in [0.25, 0.3) is 11.7 Å². The third kappa shape index (κ3) is 5.51. The third-order valence-corrected chi connectivity index (χ3v) is 6.64. The van der Waals surface area contributed by atoms with Crippen molar-refractivity contribution in [2.24, 2.45) is 0 Å². The fourth-order valence-corrected chi connectivity index (χ4v) is 4.61. The summed E-state index contributed by atoms with van der Waals surface area (Å²) in [6, 6.07) is 11.1. The molecule has 9 heteroatoms. The lowest BCUT2D eigenvalue weighted by Crippen LogP contribution is -2.42. The van der Waals surface area contributed by atoms with Gasteiger partial charge in [-0.15, -0.1) is 0 Å². The van der Waals surface area contributed by atoms with Crippen LogP contribution in [0.2, 0.25) is 5.02 Å². The molecule has 1 atom stereocenters. The number of hydrogen-bond acceptors (Lipinski definition) is 7. The Balaban J connectivity index is 1.75. The molecular weight excluding hydrogens is 484 g/mol. The molecule has 2 aliphatic rings. The highest BCUT2D eigenvalue weighted by molar-refractivity contribution is 6.46. The number of aliphatic hydroxyl groups excluding tert-OH is 1. The first-order valence-corrected chi connectivity index (χ1v) is 12.5. The van der Waals surface area contributed by atoms with Gasteiger partial charge in [0, 0.05) is 36.8 Å². The summed E-state index contributed by atoms with van der Waals surface area (Å²) in [6.07, 6.45) is 0.841. The number of nitrogens with zero attached hydrogens (tertiary/aromatic N) is 2. The number of amides is 1. The van der Waals surface area contributed by atoms with Crippen LogP contribution in [0.1, 0.15) is 30.5 Å². The number of benzene rings is 2. The zero-order valence-corrected chi connectivity index (χ0v) is 21.3. The summed E-state index contributed by atoms with van der Waals surface area (Å²) in [5.41, 5.74) is 1.09. The normalized spacial score (nSPS) is 20.1. The molecule has 2 heterocycles. The number of rotatable bonds is 9. The van der Waals surface area contributed by atoms with Gasteiger partial charge in [0.2, 0.25) is 0 Å². The largest absolute Gasteiger partial charge is 0.507 e. The molecule has 0 aromatic heterocycles. The summed E-state index contributed by atoms with van der Waals surface area (Å²) in [5, 5.41) is 11.7. The van der Waals surface area contributed by atoms with Gasteiger partial charge in [0.15, 0.2) is 11.5 Å². The average molecular weight is 515 g/mol. The van der Waals surface area contributed by atoms with Crippen LogP contribution in [0.3, 0.4) is 0 Å². The van der Waals surface area contributed by atoms with E-state index in [-0.39, 0.29) is 11.3 Å². The Morgan fingerprint density at radius 2 is 1.81 bits per heavy atom. The lowest BCUT2D eigenvalue weighted by Gasteiger charge is -2.31. The van der Waals surface area contributed by atoms with Crippen molar-refractivity contribution < 1.29 is 28.9 Å². The standard InChI is InChI=1S/C27H31ClN2O6/c1-3-14-36-21-9-6-19(17-22(21)34-2)24-23(25(31)18-4-7-20(28)8-5-18)26(32)27(33)30(24)11-10-29-12-15-35-16-13-29/h4-9,17,24,31H,3,10-16H2,1-2H3/b25-23+. The van der Waals surface area contributed by atoms with Crippen molar-refractivity contribution in [2.45, 2.75) is 19.4 Å². The summed E-state index contributed by atoms with van der Waals surface area (Å²) in [5.74, 6) is -0.541. The van der Waals surface area contributed by atoms with Crippen LogP contribution in [0, 0.1) is 0 Å². The Bertz CT molecular complexity index is 1130. The summed E-state index contributed by atoms with van der Waals surface area (Å²) in [4.78, 5) is 30.2. The highest BCUT2D eigenvalue weighted by Crippen LogP contribution is 2.42. The molecular formula is C27H31ClN2O6. The fraction of sp³-hybridized carbons (Fsp3) is 0.407. The lowest BCUT2D eigenvalue weighted by atomic mass is 9.95. The van der Waals surface area contributed by atoms with E-state index < -0.39 is 17.7 Å². The van der Waals surface area contributed by atoms with Gasteiger partial charge in [-0.25, -0.2) is 0 Å². The summed E-state index contributed by atoms with van der Waals surface area (Å²) < 4.78 is 16.8. The highest BCUT2D eigenvalue weighted by Gasteiger charge is 2.46. The molecule has 1 amide bonds. The van der Waals surface area contributed by atoms with Crippen molar-refractivity contribution in [1.29, 1.82) is 0 Å². The number of methoxy groups -OCH3 is 1. The second-order valence-electron chi connectivity index (χ2n) is 8.71. The molecule has 2 aromatic carbocycles. The minimum absolute atomic E-state index is 0.0357. The molecule has 0 aliphatic carbocycles. The minimum atomic E-state index is -0.782. The van der Waals surface area contributed by atoms with E-state index in [0.717, 1.165) is 19.5 Å². The summed E-state index contributed by atoms with van der Waals surface area (Å²) in [7, 11) is 1.54. The fourth-order valence-electron chi connectivity index (χ4n) is 4.48. The molecule has 1 unspecified atom stereocenters. The monoisotopic (exact) mass is 514 g/mol. The molecule has 36 heavy (non-hydrogen) atoms. The van der Waals surface area contributed by atoms with Crippen molar-refractivity contribution in [3.05, 3.63) is 64.2 Å². The summed E-state index contributed by atoms with van der Waals surface area (Å²) in [6.45, 7) is 6.24. The van der Waals surface area contributed by atoms with Crippen LogP contribution in [-0.2, 0) is 14.3 Å². The van der Waals surface area contributed by atoms with Crippen LogP contribution in [-0.4, -0.2) is 79.7 Å². The SMILES string of the molecule is CCCOc1ccc(C2/C(=C(\O)c3ccc(Cl)cc3)C(=O)C(=O)N2CCN2CCOCC2)cc1OC. The number of ketones is 1. The van der Waals surface area contributed by atoms with Crippen LogP contribution >= 0.6 is 11.6 Å². The highest BCUT2D eigenvalue weighted by atomic mass is 35.5. The Morgan fingerprint density at radius 3 is 2.47 bits per heavy atom. The maximum absolute atomic E-state index is 13.3. The van der Waals surface area contributed by atoms with Gasteiger partial charge in [-0.2, -0.15) is 0 Å². The van der Waals surface area contributed by atoms with Gasteiger partial charge >= 0.3 is 0 Å². The predicted octanol–water partition coefficient (Wildman–Crippen LogP) is 3.89. The number of hydrogen-bond donors (Lipinski definition) is 1. The molecule has 2 aliphatic heterocycles. The Kier molecular flexibility index (Phi) is 8.51. The number of likely N-dealkylation sites (tertiary alicyclic amines) is 1. The Labute approximate surface area is 216 Å². The Morgan fingerprint density at radius 1 is 1.08 bits per heavy atom. The van der Waals surface area contributed by atoms with E-state index >= 15 is 0 Å². The molecule has 8 nitrogen and oxygen atoms in total. The van der Waals surface area contributed by atoms with Crippen molar-refractivity contribution in [1.82, 2.24) is 9.80 Å². The number of ether oxygens (including phenoxy) is 3. The van der Waals surface area contributed by atoms with E-state index in [2.05, 4.69) is 4.90 Å². The van der Waals surface area contributed by atoms with E-state index in [1.165, 1.54) is 4.90 Å². The zero-order valence-electron chi connectivity index (χ0n) is 20.5. The molecule has 0 saturated carbocycles. The number of carbonyl (C=O) groups excluding carboxylic acids is 2. The predicted molar refractivity (Wildman–Crippen MR) is 137 cm³/mol. The number of morpholine rings is 1. The maximum atomic E-state index is 13.3. The minimum Gasteiger partial charge on any atom is -0.507 e. The van der Waals surface area contributed by atoms with E-state index in [9.17, 15) is 14.7 Å². The van der Waals surface area contributed by atoms with Crippen molar-refractivity contribution in [3.63, 3.8) is 0 Å². The number of Topliss-reactive ketones (excluding diaryl/α,β-unsaturated/α-hetero) is 1. The van der Waals surface area contributed by atoms with Crippen LogP contribution in [0.4, 0.5) is 0 Å². The van der Waals surface area contributed by atoms with Crippen LogP contribution < -0.4 is 9.47 Å². The van der Waals surface area contributed by atoms with Crippen molar-refractivity contribution in [3.8, 4) is 11.5 Å². The molecule has 192 valence electrons. The molecule has 2 saturated heterocycles. The van der Waals surface area contributed by atoms with Crippen molar-refractivity contribution >= 4 is 29.1 Å². The molecule has 0 bridgehead atoms. The second kappa shape index (κ2) is 11.8. The lowest BCUT2D eigenvalue weighted by molar-refractivity contribution is -0.140. The first kappa shape index (κ1) is 26.0. The van der Waals surface area contributed by atoms with Crippen molar-refractivity contribution in [2.75, 3.05) is 53.1 Å². The van der Waals surface area contributed by atoms with E-state index in [1.54, 1.807) is 49.6 Å².